The molecule has 2 aliphatic heterocycles. The molecular weight excluding hydrogens is 352 g/mol. The Morgan fingerprint density at radius 2 is 1.64 bits per heavy atom. The Kier molecular flexibility index (Phi) is 5.05. The van der Waals surface area contributed by atoms with Crippen molar-refractivity contribution in [1.82, 2.24) is 4.90 Å². The Bertz CT molecular complexity index is 886. The Morgan fingerprint density at radius 3 is 2.32 bits per heavy atom. The first kappa shape index (κ1) is 18.5. The van der Waals surface area contributed by atoms with Gasteiger partial charge in [-0.25, -0.2) is 0 Å². The number of carbonyl (C=O) groups is 2. The molecule has 6 heteroatoms. The lowest BCUT2D eigenvalue weighted by atomic mass is 10.1. The van der Waals surface area contributed by atoms with Crippen molar-refractivity contribution in [2.45, 2.75) is 13.3 Å². The van der Waals surface area contributed by atoms with E-state index >= 15 is 0 Å². The van der Waals surface area contributed by atoms with Crippen LogP contribution in [-0.4, -0.2) is 56.5 Å². The highest BCUT2D eigenvalue weighted by molar-refractivity contribution is 6.05. The zero-order valence-corrected chi connectivity index (χ0v) is 16.4. The van der Waals surface area contributed by atoms with E-state index < -0.39 is 0 Å². The second-order valence-electron chi connectivity index (χ2n) is 7.56. The molecule has 4 rings (SSSR count). The highest BCUT2D eigenvalue weighted by Crippen LogP contribution is 2.29. The van der Waals surface area contributed by atoms with E-state index in [1.165, 1.54) is 5.69 Å². The van der Waals surface area contributed by atoms with Crippen LogP contribution < -0.4 is 15.1 Å². The molecule has 28 heavy (non-hydrogen) atoms. The summed E-state index contributed by atoms with van der Waals surface area (Å²) in [5, 5.41) is 2.97. The van der Waals surface area contributed by atoms with Gasteiger partial charge in [-0.05, 0) is 61.5 Å². The monoisotopic (exact) mass is 378 g/mol. The van der Waals surface area contributed by atoms with Gasteiger partial charge in [-0.1, -0.05) is 0 Å². The van der Waals surface area contributed by atoms with E-state index in [4.69, 9.17) is 0 Å². The van der Waals surface area contributed by atoms with Crippen LogP contribution in [0, 0.1) is 0 Å². The van der Waals surface area contributed by atoms with E-state index in [9.17, 15) is 9.59 Å². The van der Waals surface area contributed by atoms with Crippen LogP contribution in [0.5, 0.6) is 0 Å². The van der Waals surface area contributed by atoms with Crippen molar-refractivity contribution in [1.29, 1.82) is 0 Å². The van der Waals surface area contributed by atoms with E-state index in [2.05, 4.69) is 34.3 Å². The minimum Gasteiger partial charge on any atom is -0.369 e. The number of hydrogen-bond acceptors (Lipinski definition) is 4. The fourth-order valence-electron chi connectivity index (χ4n) is 3.89. The van der Waals surface area contributed by atoms with Gasteiger partial charge in [0.05, 0.1) is 0 Å². The third kappa shape index (κ3) is 3.73. The standard InChI is InChI=1S/C22H26N4O2/c1-16(27)26-10-9-17-15-18(3-8-21(17)26)22(28)23-19-4-6-20(7-5-19)25-13-11-24(2)12-14-25/h3-8,15H,9-14H2,1-2H3,(H,23,28). The summed E-state index contributed by atoms with van der Waals surface area (Å²) in [4.78, 5) is 30.8. The molecule has 2 heterocycles. The molecular formula is C22H26N4O2. The number of rotatable bonds is 3. The van der Waals surface area contributed by atoms with Gasteiger partial charge in [-0.3, -0.25) is 9.59 Å². The number of fused-ring (bicyclic) bond motifs is 1. The van der Waals surface area contributed by atoms with E-state index in [-0.39, 0.29) is 11.8 Å². The van der Waals surface area contributed by atoms with Gasteiger partial charge >= 0.3 is 0 Å². The molecule has 1 saturated heterocycles. The number of anilines is 3. The lowest BCUT2D eigenvalue weighted by Gasteiger charge is -2.34. The summed E-state index contributed by atoms with van der Waals surface area (Å²) >= 11 is 0. The zero-order valence-electron chi connectivity index (χ0n) is 16.4. The Hall–Kier alpha value is -2.86. The number of hydrogen-bond donors (Lipinski definition) is 1. The minimum absolute atomic E-state index is 0.0383. The number of nitrogens with one attached hydrogen (secondary N) is 1. The molecule has 1 N–H and O–H groups in total. The fourth-order valence-corrected chi connectivity index (χ4v) is 3.89. The number of benzene rings is 2. The van der Waals surface area contributed by atoms with Gasteiger partial charge < -0.3 is 20.0 Å². The highest BCUT2D eigenvalue weighted by atomic mass is 16.2. The Balaban J connectivity index is 1.42. The van der Waals surface area contributed by atoms with Crippen LogP contribution >= 0.6 is 0 Å². The molecule has 0 saturated carbocycles. The van der Waals surface area contributed by atoms with Crippen molar-refractivity contribution in [2.75, 3.05) is 54.9 Å². The molecule has 0 spiro atoms. The van der Waals surface area contributed by atoms with Crippen molar-refractivity contribution >= 4 is 28.9 Å². The van der Waals surface area contributed by atoms with Gasteiger partial charge in [-0.2, -0.15) is 0 Å². The van der Waals surface area contributed by atoms with Gasteiger partial charge in [0, 0.05) is 62.3 Å². The van der Waals surface area contributed by atoms with Crippen molar-refractivity contribution in [3.05, 3.63) is 53.6 Å². The number of carbonyl (C=O) groups excluding carboxylic acids is 2. The van der Waals surface area contributed by atoms with Crippen molar-refractivity contribution in [3.63, 3.8) is 0 Å². The molecule has 0 atom stereocenters. The number of piperazine rings is 1. The maximum Gasteiger partial charge on any atom is 0.255 e. The summed E-state index contributed by atoms with van der Waals surface area (Å²) in [6.07, 6.45) is 0.787. The predicted molar refractivity (Wildman–Crippen MR) is 112 cm³/mol. The fraction of sp³-hybridized carbons (Fsp3) is 0.364. The number of nitrogens with zero attached hydrogens (tertiary/aromatic N) is 3. The Labute approximate surface area is 165 Å². The SMILES string of the molecule is CC(=O)N1CCc2cc(C(=O)Nc3ccc(N4CCN(C)CC4)cc3)ccc21. The second kappa shape index (κ2) is 7.64. The number of amides is 2. The van der Waals surface area contributed by atoms with Crippen molar-refractivity contribution < 1.29 is 9.59 Å². The molecule has 146 valence electrons. The van der Waals surface area contributed by atoms with Crippen LogP contribution in [0.25, 0.3) is 0 Å². The first-order valence-electron chi connectivity index (χ1n) is 9.77. The lowest BCUT2D eigenvalue weighted by Crippen LogP contribution is -2.44. The third-order valence-corrected chi connectivity index (χ3v) is 5.61. The topological polar surface area (TPSA) is 55.9 Å². The van der Waals surface area contributed by atoms with Gasteiger partial charge in [0.1, 0.15) is 0 Å². The largest absolute Gasteiger partial charge is 0.369 e. The maximum absolute atomic E-state index is 12.6. The zero-order chi connectivity index (χ0) is 19.7. The van der Waals surface area contributed by atoms with Crippen LogP contribution in [0.3, 0.4) is 0 Å². The van der Waals surface area contributed by atoms with Gasteiger partial charge in [0.2, 0.25) is 5.91 Å². The molecule has 0 unspecified atom stereocenters. The van der Waals surface area contributed by atoms with Crippen molar-refractivity contribution in [3.8, 4) is 0 Å². The van der Waals surface area contributed by atoms with E-state index in [1.807, 2.05) is 24.3 Å². The average molecular weight is 378 g/mol. The first-order valence-corrected chi connectivity index (χ1v) is 9.77. The molecule has 0 aliphatic carbocycles. The van der Waals surface area contributed by atoms with E-state index in [0.29, 0.717) is 12.1 Å². The molecule has 0 bridgehead atoms. The Morgan fingerprint density at radius 1 is 0.929 bits per heavy atom. The lowest BCUT2D eigenvalue weighted by molar-refractivity contribution is -0.116. The van der Waals surface area contributed by atoms with Crippen LogP contribution in [0.1, 0.15) is 22.8 Å². The van der Waals surface area contributed by atoms with Gasteiger partial charge in [0.15, 0.2) is 0 Å². The van der Waals surface area contributed by atoms with Gasteiger partial charge in [-0.15, -0.1) is 0 Å². The summed E-state index contributed by atoms with van der Waals surface area (Å²) in [6, 6.07) is 13.6. The summed E-state index contributed by atoms with van der Waals surface area (Å²) in [7, 11) is 2.15. The normalized spacial score (nSPS) is 16.8. The highest BCUT2D eigenvalue weighted by Gasteiger charge is 2.23. The second-order valence-corrected chi connectivity index (χ2v) is 7.56. The molecule has 2 aromatic carbocycles. The molecule has 2 aliphatic rings. The molecule has 2 amide bonds. The van der Waals surface area contributed by atoms with Crippen molar-refractivity contribution in [2.24, 2.45) is 0 Å². The summed E-state index contributed by atoms with van der Waals surface area (Å²) in [5.41, 5.74) is 4.56. The molecule has 1 fully saturated rings. The number of likely N-dealkylation sites (N-methyl/N-ethyl adjacent to an activating group) is 1. The predicted octanol–water partition coefficient (Wildman–Crippen LogP) is 2.60. The van der Waals surface area contributed by atoms with Crippen LogP contribution in [-0.2, 0) is 11.2 Å². The first-order chi connectivity index (χ1) is 13.5. The van der Waals surface area contributed by atoms with Crippen LogP contribution in [0.4, 0.5) is 17.1 Å². The van der Waals surface area contributed by atoms with E-state index in [0.717, 1.165) is 49.5 Å². The summed E-state index contributed by atoms with van der Waals surface area (Å²) in [5.74, 6) is -0.0900. The van der Waals surface area contributed by atoms with Crippen LogP contribution in [0.15, 0.2) is 42.5 Å². The smallest absolute Gasteiger partial charge is 0.255 e. The minimum atomic E-state index is -0.128. The third-order valence-electron chi connectivity index (χ3n) is 5.61. The summed E-state index contributed by atoms with van der Waals surface area (Å²) < 4.78 is 0. The quantitative estimate of drug-likeness (QED) is 0.892. The molecule has 0 radical (unpaired) electrons. The molecule has 0 aromatic heterocycles. The maximum atomic E-state index is 12.6. The average Bonchev–Trinajstić information content (AvgIpc) is 3.13. The molecule has 6 nitrogen and oxygen atoms in total. The summed E-state index contributed by atoms with van der Waals surface area (Å²) in [6.45, 7) is 6.43. The van der Waals surface area contributed by atoms with E-state index in [1.54, 1.807) is 17.9 Å². The van der Waals surface area contributed by atoms with Gasteiger partial charge in [0.25, 0.3) is 5.91 Å². The van der Waals surface area contributed by atoms with Crippen LogP contribution in [0.2, 0.25) is 0 Å². The molecule has 2 aromatic rings.